The summed E-state index contributed by atoms with van der Waals surface area (Å²) in [5, 5.41) is 9.11. The molecule has 0 fully saturated rings. The maximum atomic E-state index is 9.77. The van der Waals surface area contributed by atoms with Gasteiger partial charge >= 0.3 is 5.97 Å². The molecule has 0 aliphatic rings. The first-order valence-electron chi connectivity index (χ1n) is 1.69. The molecule has 0 aromatic rings. The Bertz CT molecular complexity index is 115. The predicted octanol–water partition coefficient (Wildman–Crippen LogP) is -0.459. The summed E-state index contributed by atoms with van der Waals surface area (Å²) in [6, 6.07) is 0. The van der Waals surface area contributed by atoms with Crippen LogP contribution in [-0.4, -0.2) is 12.3 Å². The number of carbonyl (C=O) groups is 1. The quantitative estimate of drug-likeness (QED) is 0.277. The minimum atomic E-state index is -1.10. The Hall–Kier alpha value is -1.16. The summed E-state index contributed by atoms with van der Waals surface area (Å²) >= 11 is 0. The van der Waals surface area contributed by atoms with Gasteiger partial charge in [0.05, 0.1) is 0 Å². The molecule has 0 N–H and O–H groups in total. The van der Waals surface area contributed by atoms with E-state index in [9.17, 15) is 9.59 Å². The second-order valence-corrected chi connectivity index (χ2v) is 0.854. The third-order valence-corrected chi connectivity index (χ3v) is 0.370. The van der Waals surface area contributed by atoms with Crippen LogP contribution in [0.3, 0.4) is 0 Å². The van der Waals surface area contributed by atoms with E-state index in [1.165, 1.54) is 6.29 Å². The number of carbonyl (C=O) groups excluding carboxylic acids is 2. The molecule has 0 unspecified atom stereocenters. The van der Waals surface area contributed by atoms with Gasteiger partial charge in [-0.05, 0) is 6.08 Å². The average molecular weight is 114 g/mol. The fourth-order valence-electron chi connectivity index (χ4n) is 0.130. The molecule has 0 bridgehead atoms. The monoisotopic (exact) mass is 114 g/mol. The number of hydrogen-bond donors (Lipinski definition) is 0. The Kier molecular flexibility index (Phi) is 3.43. The van der Waals surface area contributed by atoms with Gasteiger partial charge in [-0.15, -0.1) is 0 Å². The first kappa shape index (κ1) is 6.84. The highest BCUT2D eigenvalue weighted by Crippen LogP contribution is 1.73. The van der Waals surface area contributed by atoms with Gasteiger partial charge in [0.2, 0.25) is 6.29 Å². The van der Waals surface area contributed by atoms with Crippen molar-refractivity contribution in [1.82, 2.24) is 0 Å². The third kappa shape index (κ3) is 3.05. The Morgan fingerprint density at radius 2 is 2.25 bits per heavy atom. The summed E-state index contributed by atoms with van der Waals surface area (Å²) in [4.78, 5) is 22.0. The molecule has 0 saturated carbocycles. The molecule has 8 heavy (non-hydrogen) atoms. The van der Waals surface area contributed by atoms with Crippen molar-refractivity contribution in [2.75, 3.05) is 0 Å². The van der Waals surface area contributed by atoms with Gasteiger partial charge in [-0.2, -0.15) is 0 Å². The van der Waals surface area contributed by atoms with Crippen LogP contribution in [0.25, 0.3) is 0 Å². The van der Waals surface area contributed by atoms with Crippen molar-refractivity contribution >= 4 is 12.3 Å². The van der Waals surface area contributed by atoms with Gasteiger partial charge in [-0.3, -0.25) is 9.68 Å². The van der Waals surface area contributed by atoms with Crippen LogP contribution in [0.2, 0.25) is 0 Å². The van der Waals surface area contributed by atoms with Crippen LogP contribution in [0.15, 0.2) is 12.2 Å². The zero-order valence-corrected chi connectivity index (χ0v) is 3.79. The Labute approximate surface area is 45.3 Å². The number of hydrogen-bond acceptors (Lipinski definition) is 3. The lowest BCUT2D eigenvalue weighted by Crippen LogP contribution is -1.92. The van der Waals surface area contributed by atoms with Gasteiger partial charge < -0.3 is 0 Å². The van der Waals surface area contributed by atoms with Gasteiger partial charge in [-0.25, -0.2) is 4.79 Å². The zero-order valence-electron chi connectivity index (χ0n) is 3.79. The summed E-state index contributed by atoms with van der Waals surface area (Å²) in [6.45, 7) is 0. The van der Waals surface area contributed by atoms with Crippen molar-refractivity contribution in [3.05, 3.63) is 12.2 Å². The Morgan fingerprint density at radius 3 is 2.62 bits per heavy atom. The molecule has 0 aromatic carbocycles. The van der Waals surface area contributed by atoms with Gasteiger partial charge in [0.1, 0.15) is 0 Å². The van der Waals surface area contributed by atoms with E-state index < -0.39 is 5.97 Å². The van der Waals surface area contributed by atoms with E-state index in [0.29, 0.717) is 6.08 Å². The molecule has 4 nitrogen and oxygen atoms in total. The van der Waals surface area contributed by atoms with Crippen molar-refractivity contribution in [3.63, 3.8) is 0 Å². The van der Waals surface area contributed by atoms with E-state index in [4.69, 9.17) is 5.26 Å². The fourth-order valence-corrected chi connectivity index (χ4v) is 0.130. The van der Waals surface area contributed by atoms with Crippen molar-refractivity contribution in [2.24, 2.45) is 0 Å². The normalized spacial score (nSPS) is 9.12. The molecular formula is C4H2O4. The lowest BCUT2D eigenvalue weighted by molar-refractivity contribution is -0.272. The van der Waals surface area contributed by atoms with Crippen molar-refractivity contribution in [2.45, 2.75) is 0 Å². The second-order valence-electron chi connectivity index (χ2n) is 0.854. The van der Waals surface area contributed by atoms with Crippen LogP contribution >= 0.6 is 0 Å². The maximum Gasteiger partial charge on any atom is 0.369 e. The molecule has 0 atom stereocenters. The van der Waals surface area contributed by atoms with Crippen molar-refractivity contribution in [1.29, 1.82) is 0 Å². The highest BCUT2D eigenvalue weighted by molar-refractivity contribution is 5.86. The molecule has 0 spiro atoms. The molecule has 42 valence electrons. The van der Waals surface area contributed by atoms with Gasteiger partial charge in [0.15, 0.2) is 0 Å². The number of rotatable bonds is 2. The molecule has 0 aliphatic heterocycles. The van der Waals surface area contributed by atoms with Crippen molar-refractivity contribution in [3.8, 4) is 0 Å². The average Bonchev–Trinajstić information content (AvgIpc) is 1.83. The van der Waals surface area contributed by atoms with Crippen LogP contribution in [-0.2, 0) is 19.7 Å². The highest BCUT2D eigenvalue weighted by atomic mass is 17.1. The van der Waals surface area contributed by atoms with Crippen molar-refractivity contribution < 1.29 is 19.7 Å². The van der Waals surface area contributed by atoms with Gasteiger partial charge in [0.25, 0.3) is 0 Å². The first-order valence-corrected chi connectivity index (χ1v) is 1.69. The highest BCUT2D eigenvalue weighted by Gasteiger charge is 1.90. The summed E-state index contributed by atoms with van der Waals surface area (Å²) in [5.74, 6) is -1.10. The standard InChI is InChI=1S/C4H2O4/c5-3-1-2-4(6)8-7/h1-2H/b2-1+. The maximum absolute atomic E-state index is 9.77. The Balaban J connectivity index is 3.52. The van der Waals surface area contributed by atoms with Crippen LogP contribution in [0.1, 0.15) is 0 Å². The molecular weight excluding hydrogens is 112 g/mol. The number of allylic oxidation sites excluding steroid dienone is 1. The smallest absolute Gasteiger partial charge is 0.286 e. The van der Waals surface area contributed by atoms with Crippen LogP contribution < -0.4 is 0 Å². The predicted molar refractivity (Wildman–Crippen MR) is 21.6 cm³/mol. The molecule has 4 heteroatoms. The zero-order chi connectivity index (χ0) is 6.41. The van der Waals surface area contributed by atoms with Crippen LogP contribution in [0.5, 0.6) is 0 Å². The Morgan fingerprint density at radius 1 is 1.62 bits per heavy atom. The third-order valence-electron chi connectivity index (χ3n) is 0.370. The second kappa shape index (κ2) is 4.01. The molecule has 0 saturated heterocycles. The topological polar surface area (TPSA) is 63.3 Å². The van der Waals surface area contributed by atoms with Gasteiger partial charge in [0, 0.05) is 11.3 Å². The first-order chi connectivity index (χ1) is 3.81. The van der Waals surface area contributed by atoms with Gasteiger partial charge in [-0.1, -0.05) is 0 Å². The fraction of sp³-hybridized carbons (Fsp3) is 0. The molecule has 0 aliphatic carbocycles. The van der Waals surface area contributed by atoms with E-state index in [0.717, 1.165) is 6.08 Å². The lowest BCUT2D eigenvalue weighted by Gasteiger charge is -1.76. The largest absolute Gasteiger partial charge is 0.369 e. The summed E-state index contributed by atoms with van der Waals surface area (Å²) in [5.41, 5.74) is 0. The van der Waals surface area contributed by atoms with E-state index in [2.05, 4.69) is 4.89 Å². The summed E-state index contributed by atoms with van der Waals surface area (Å²) in [7, 11) is 0. The lowest BCUT2D eigenvalue weighted by atomic mass is 10.5. The van der Waals surface area contributed by atoms with E-state index in [-0.39, 0.29) is 0 Å². The molecule has 0 aromatic heterocycles. The van der Waals surface area contributed by atoms with E-state index >= 15 is 0 Å². The minimum absolute atomic E-state index is 0.681. The minimum Gasteiger partial charge on any atom is -0.286 e. The molecule has 0 heterocycles. The van der Waals surface area contributed by atoms with Crippen LogP contribution in [0.4, 0.5) is 0 Å². The SMILES string of the molecule is [O]OC(=O)/C=C/[C]=O. The van der Waals surface area contributed by atoms with E-state index in [1.807, 2.05) is 0 Å². The van der Waals surface area contributed by atoms with Crippen LogP contribution in [0, 0.1) is 0 Å². The summed E-state index contributed by atoms with van der Waals surface area (Å²) < 4.78 is 0. The van der Waals surface area contributed by atoms with E-state index in [1.54, 1.807) is 0 Å². The molecule has 0 amide bonds. The molecule has 0 rings (SSSR count). The molecule has 2 radical (unpaired) electrons. The summed E-state index contributed by atoms with van der Waals surface area (Å²) in [6.07, 6.45) is 2.69.